The number of hydrogen-bond donors (Lipinski definition) is 1. The highest BCUT2D eigenvalue weighted by atomic mass is 32.1. The Labute approximate surface area is 232 Å². The molecule has 0 aliphatic carbocycles. The van der Waals surface area contributed by atoms with E-state index in [9.17, 15) is 19.5 Å². The van der Waals surface area contributed by atoms with Crippen LogP contribution in [0.5, 0.6) is 17.2 Å². The number of Topliss-reactive ketones (excluding diaryl/α,β-unsaturated/α-hetero) is 1. The Morgan fingerprint density at radius 2 is 1.70 bits per heavy atom. The van der Waals surface area contributed by atoms with Crippen LogP contribution in [0.2, 0.25) is 0 Å². The summed E-state index contributed by atoms with van der Waals surface area (Å²) in [6.45, 7) is 0.746. The number of nitrogens with zero attached hydrogens (tertiary/aromatic N) is 2. The minimum atomic E-state index is -1.03. The lowest BCUT2D eigenvalue weighted by Crippen LogP contribution is -2.29. The summed E-state index contributed by atoms with van der Waals surface area (Å²) < 4.78 is 22.1. The molecule has 6 rings (SSSR count). The van der Waals surface area contributed by atoms with Gasteiger partial charge in [0.1, 0.15) is 24.7 Å². The second-order valence-corrected chi connectivity index (χ2v) is 9.98. The van der Waals surface area contributed by atoms with E-state index in [-0.39, 0.29) is 22.0 Å². The van der Waals surface area contributed by atoms with Gasteiger partial charge in [-0.15, -0.1) is 0 Å². The lowest BCUT2D eigenvalue weighted by atomic mass is 9.94. The Bertz CT molecular complexity index is 1710. The molecule has 40 heavy (non-hydrogen) atoms. The number of ether oxygens (including phenoxy) is 4. The van der Waals surface area contributed by atoms with Gasteiger partial charge in [-0.2, -0.15) is 0 Å². The molecule has 11 heteroatoms. The first-order chi connectivity index (χ1) is 19.4. The molecule has 2 aliphatic heterocycles. The first kappa shape index (κ1) is 25.4. The van der Waals surface area contributed by atoms with E-state index in [1.54, 1.807) is 55.6 Å². The predicted octanol–water partition coefficient (Wildman–Crippen LogP) is 4.49. The number of carbonyl (C=O) groups is 3. The Morgan fingerprint density at radius 1 is 0.975 bits per heavy atom. The van der Waals surface area contributed by atoms with Gasteiger partial charge in [0.2, 0.25) is 0 Å². The van der Waals surface area contributed by atoms with E-state index in [0.717, 1.165) is 4.70 Å². The van der Waals surface area contributed by atoms with Crippen molar-refractivity contribution in [3.63, 3.8) is 0 Å². The van der Waals surface area contributed by atoms with Crippen LogP contribution in [-0.2, 0) is 14.3 Å². The molecule has 1 atom stereocenters. The number of esters is 1. The van der Waals surface area contributed by atoms with E-state index < -0.39 is 23.7 Å². The maximum Gasteiger partial charge on any atom is 0.337 e. The van der Waals surface area contributed by atoms with Gasteiger partial charge >= 0.3 is 11.9 Å². The maximum absolute atomic E-state index is 13.5. The van der Waals surface area contributed by atoms with E-state index in [0.29, 0.717) is 47.1 Å². The zero-order chi connectivity index (χ0) is 28.0. The molecule has 1 aromatic heterocycles. The summed E-state index contributed by atoms with van der Waals surface area (Å²) in [6, 6.07) is 15.4. The average Bonchev–Trinajstić information content (AvgIpc) is 3.53. The Kier molecular flexibility index (Phi) is 6.35. The number of anilines is 1. The van der Waals surface area contributed by atoms with Crippen LogP contribution in [0.4, 0.5) is 5.13 Å². The highest BCUT2D eigenvalue weighted by Gasteiger charge is 2.48. The molecule has 0 saturated carbocycles. The molecular formula is C29H22N2O8S. The van der Waals surface area contributed by atoms with Gasteiger partial charge in [-0.05, 0) is 54.1 Å². The smallest absolute Gasteiger partial charge is 0.337 e. The van der Waals surface area contributed by atoms with E-state index in [4.69, 9.17) is 18.9 Å². The molecule has 3 heterocycles. The molecule has 3 aromatic carbocycles. The zero-order valence-electron chi connectivity index (χ0n) is 21.4. The first-order valence-electron chi connectivity index (χ1n) is 12.2. The van der Waals surface area contributed by atoms with Crippen molar-refractivity contribution >= 4 is 50.1 Å². The van der Waals surface area contributed by atoms with Gasteiger partial charge in [-0.1, -0.05) is 23.5 Å². The Balaban J connectivity index is 1.52. The molecule has 0 radical (unpaired) electrons. The highest BCUT2D eigenvalue weighted by Crippen LogP contribution is 2.45. The third-order valence-electron chi connectivity index (χ3n) is 6.70. The van der Waals surface area contributed by atoms with Crippen molar-refractivity contribution in [3.8, 4) is 17.2 Å². The molecule has 202 valence electrons. The van der Waals surface area contributed by atoms with Gasteiger partial charge in [0.15, 0.2) is 16.6 Å². The number of aliphatic hydroxyl groups excluding tert-OH is 1. The summed E-state index contributed by atoms with van der Waals surface area (Å²) in [4.78, 5) is 45.0. The summed E-state index contributed by atoms with van der Waals surface area (Å²) in [5.74, 6) is -1.05. The number of aromatic nitrogens is 1. The van der Waals surface area contributed by atoms with Crippen molar-refractivity contribution in [2.24, 2.45) is 0 Å². The molecule has 0 bridgehead atoms. The molecule has 1 fully saturated rings. The van der Waals surface area contributed by atoms with Crippen LogP contribution < -0.4 is 19.1 Å². The third kappa shape index (κ3) is 4.20. The molecule has 0 unspecified atom stereocenters. The fourth-order valence-corrected chi connectivity index (χ4v) is 5.75. The van der Waals surface area contributed by atoms with Gasteiger partial charge in [-0.3, -0.25) is 14.5 Å². The molecule has 2 aliphatic rings. The number of rotatable bonds is 5. The molecule has 0 spiro atoms. The number of methoxy groups -OCH3 is 2. The fraction of sp³-hybridized carbons (Fsp3) is 0.172. The lowest BCUT2D eigenvalue weighted by Gasteiger charge is -2.23. The maximum atomic E-state index is 13.5. The van der Waals surface area contributed by atoms with E-state index >= 15 is 0 Å². The minimum absolute atomic E-state index is 0.121. The number of fused-ring (bicyclic) bond motifs is 2. The highest BCUT2D eigenvalue weighted by molar-refractivity contribution is 7.22. The van der Waals surface area contributed by atoms with Crippen molar-refractivity contribution in [1.29, 1.82) is 0 Å². The number of ketones is 1. The topological polar surface area (TPSA) is 124 Å². The lowest BCUT2D eigenvalue weighted by molar-refractivity contribution is -0.132. The van der Waals surface area contributed by atoms with Crippen LogP contribution in [0.25, 0.3) is 16.0 Å². The second-order valence-electron chi connectivity index (χ2n) is 8.97. The fourth-order valence-electron chi connectivity index (χ4n) is 4.73. The van der Waals surface area contributed by atoms with E-state index in [1.807, 2.05) is 0 Å². The first-order valence-corrected chi connectivity index (χ1v) is 13.0. The molecule has 10 nitrogen and oxygen atoms in total. The number of carbonyl (C=O) groups excluding carboxylic acids is 3. The number of amides is 1. The van der Waals surface area contributed by atoms with Crippen molar-refractivity contribution in [2.45, 2.75) is 6.04 Å². The van der Waals surface area contributed by atoms with Gasteiger partial charge in [0.25, 0.3) is 5.78 Å². The van der Waals surface area contributed by atoms with Crippen LogP contribution in [-0.4, -0.2) is 55.2 Å². The van der Waals surface area contributed by atoms with Gasteiger partial charge in [-0.25, -0.2) is 9.78 Å². The van der Waals surface area contributed by atoms with Crippen LogP contribution in [0.3, 0.4) is 0 Å². The van der Waals surface area contributed by atoms with Crippen molar-refractivity contribution in [1.82, 2.24) is 4.98 Å². The summed E-state index contributed by atoms with van der Waals surface area (Å²) >= 11 is 1.22. The summed E-state index contributed by atoms with van der Waals surface area (Å²) in [5.41, 5.74) is 1.57. The molecule has 1 amide bonds. The standard InChI is InChI=1S/C29H22N2O8S/c1-36-18-8-9-19-22(14-18)40-29(30-19)31-24(15-3-5-16(6-4-15)28(35)37-2)23(26(33)27(31)34)25(32)17-7-10-20-21(13-17)39-12-11-38-20/h3-10,13-14,24,32H,11-12H2,1-2H3/b25-23+/t24-/m0/s1. The zero-order valence-corrected chi connectivity index (χ0v) is 22.2. The minimum Gasteiger partial charge on any atom is -0.507 e. The monoisotopic (exact) mass is 558 g/mol. The molecule has 1 N–H and O–H groups in total. The van der Waals surface area contributed by atoms with Crippen molar-refractivity contribution < 1.29 is 38.4 Å². The summed E-state index contributed by atoms with van der Waals surface area (Å²) in [5, 5.41) is 11.7. The van der Waals surface area contributed by atoms with Crippen LogP contribution in [0.15, 0.2) is 66.2 Å². The number of hydrogen-bond acceptors (Lipinski definition) is 10. The van der Waals surface area contributed by atoms with E-state index in [1.165, 1.54) is 35.5 Å². The summed E-state index contributed by atoms with van der Waals surface area (Å²) in [7, 11) is 2.83. The quantitative estimate of drug-likeness (QED) is 0.163. The number of thiazole rings is 1. The number of benzene rings is 3. The largest absolute Gasteiger partial charge is 0.507 e. The van der Waals surface area contributed by atoms with Crippen LogP contribution >= 0.6 is 11.3 Å². The summed E-state index contributed by atoms with van der Waals surface area (Å²) in [6.07, 6.45) is 0. The average molecular weight is 559 g/mol. The van der Waals surface area contributed by atoms with Crippen LogP contribution in [0, 0.1) is 0 Å². The van der Waals surface area contributed by atoms with Crippen LogP contribution in [0.1, 0.15) is 27.5 Å². The molecular weight excluding hydrogens is 536 g/mol. The Hall–Kier alpha value is -4.90. The van der Waals surface area contributed by atoms with Gasteiger partial charge in [0.05, 0.1) is 41.6 Å². The second kappa shape index (κ2) is 10.0. The van der Waals surface area contributed by atoms with Gasteiger partial charge < -0.3 is 24.1 Å². The Morgan fingerprint density at radius 3 is 2.42 bits per heavy atom. The normalized spacial score (nSPS) is 17.8. The van der Waals surface area contributed by atoms with Crippen molar-refractivity contribution in [2.75, 3.05) is 32.3 Å². The molecule has 1 saturated heterocycles. The van der Waals surface area contributed by atoms with Crippen molar-refractivity contribution in [3.05, 3.63) is 82.9 Å². The van der Waals surface area contributed by atoms with E-state index in [2.05, 4.69) is 4.98 Å². The molecule has 4 aromatic rings. The van der Waals surface area contributed by atoms with Gasteiger partial charge in [0, 0.05) is 5.56 Å². The SMILES string of the molecule is COC(=O)c1ccc([C@H]2/C(=C(\O)c3ccc4c(c3)OCCO4)C(=O)C(=O)N2c2nc3ccc(OC)cc3s2)cc1. The third-order valence-corrected chi connectivity index (χ3v) is 7.72. The number of aliphatic hydroxyl groups is 1. The predicted molar refractivity (Wildman–Crippen MR) is 146 cm³/mol.